The molecule has 1 aliphatic rings. The number of benzene rings is 1. The van der Waals surface area contributed by atoms with Crippen LogP contribution in [0.15, 0.2) is 30.5 Å². The molecule has 1 aromatic heterocycles. The highest BCUT2D eigenvalue weighted by atomic mass is 32.1. The number of carbonyl (C=O) groups excluding carboxylic acids is 1. The quantitative estimate of drug-likeness (QED) is 0.830. The van der Waals surface area contributed by atoms with E-state index in [9.17, 15) is 9.18 Å². The molecule has 24 heavy (non-hydrogen) atoms. The topological polar surface area (TPSA) is 42.4 Å². The summed E-state index contributed by atoms with van der Waals surface area (Å²) in [5.41, 5.74) is 0.985. The summed E-state index contributed by atoms with van der Waals surface area (Å²) in [6, 6.07) is 6.37. The first-order chi connectivity index (χ1) is 11.7. The number of rotatable bonds is 5. The number of nitrogens with zero attached hydrogens (tertiary/aromatic N) is 2. The Morgan fingerprint density at radius 1 is 1.42 bits per heavy atom. The Bertz CT molecular complexity index is 685. The second-order valence-corrected chi connectivity index (χ2v) is 7.01. The number of hydrogen-bond donors (Lipinski definition) is 0. The summed E-state index contributed by atoms with van der Waals surface area (Å²) in [6.07, 6.45) is 4.38. The van der Waals surface area contributed by atoms with Gasteiger partial charge >= 0.3 is 0 Å². The molecule has 6 heteroatoms. The zero-order chi connectivity index (χ0) is 16.9. The molecule has 2 aromatic rings. The minimum atomic E-state index is -0.247. The lowest BCUT2D eigenvalue weighted by Crippen LogP contribution is -2.43. The van der Waals surface area contributed by atoms with Crippen molar-refractivity contribution in [2.75, 3.05) is 19.7 Å². The number of likely N-dealkylation sites (tertiary alicyclic amines) is 1. The summed E-state index contributed by atoms with van der Waals surface area (Å²) in [7, 11) is 0. The highest BCUT2D eigenvalue weighted by Gasteiger charge is 2.25. The van der Waals surface area contributed by atoms with Crippen molar-refractivity contribution in [2.45, 2.75) is 32.3 Å². The van der Waals surface area contributed by atoms with Crippen molar-refractivity contribution < 1.29 is 13.9 Å². The summed E-state index contributed by atoms with van der Waals surface area (Å²) in [5, 5.41) is 0.864. The van der Waals surface area contributed by atoms with E-state index in [1.54, 1.807) is 18.3 Å². The molecule has 0 saturated carbocycles. The number of aromatic nitrogens is 1. The fourth-order valence-electron chi connectivity index (χ4n) is 2.92. The molecule has 0 radical (unpaired) electrons. The van der Waals surface area contributed by atoms with E-state index >= 15 is 0 Å². The Morgan fingerprint density at radius 3 is 2.96 bits per heavy atom. The third-order valence-corrected chi connectivity index (χ3v) is 5.09. The van der Waals surface area contributed by atoms with E-state index in [0.717, 1.165) is 30.0 Å². The van der Waals surface area contributed by atoms with E-state index < -0.39 is 0 Å². The van der Waals surface area contributed by atoms with Gasteiger partial charge in [-0.2, -0.15) is 0 Å². The van der Waals surface area contributed by atoms with Crippen LogP contribution in [0.1, 0.15) is 40.0 Å². The molecule has 0 unspecified atom stereocenters. The van der Waals surface area contributed by atoms with E-state index in [0.29, 0.717) is 24.4 Å². The van der Waals surface area contributed by atoms with Crippen LogP contribution in [0, 0.1) is 5.82 Å². The van der Waals surface area contributed by atoms with Crippen molar-refractivity contribution in [1.82, 2.24) is 9.88 Å². The van der Waals surface area contributed by atoms with E-state index in [2.05, 4.69) is 4.98 Å². The zero-order valence-corrected chi connectivity index (χ0v) is 14.5. The third-order valence-electron chi connectivity index (χ3n) is 4.10. The van der Waals surface area contributed by atoms with Crippen molar-refractivity contribution in [3.05, 3.63) is 51.7 Å². The van der Waals surface area contributed by atoms with Crippen LogP contribution in [0.5, 0.6) is 0 Å². The van der Waals surface area contributed by atoms with Gasteiger partial charge in [0.05, 0.1) is 17.3 Å². The van der Waals surface area contributed by atoms with Gasteiger partial charge in [0.15, 0.2) is 0 Å². The molecule has 0 bridgehead atoms. The number of thiazole rings is 1. The van der Waals surface area contributed by atoms with Gasteiger partial charge in [-0.15, -0.1) is 11.3 Å². The summed E-state index contributed by atoms with van der Waals surface area (Å²) in [6.45, 7) is 4.08. The Balaban J connectivity index is 1.64. The maximum absolute atomic E-state index is 13.0. The molecule has 4 nitrogen and oxygen atoms in total. The van der Waals surface area contributed by atoms with Gasteiger partial charge in [0.1, 0.15) is 10.7 Å². The van der Waals surface area contributed by atoms with Crippen LogP contribution < -0.4 is 0 Å². The van der Waals surface area contributed by atoms with Gasteiger partial charge in [-0.05, 0) is 37.5 Å². The second kappa shape index (κ2) is 7.85. The molecule has 0 aliphatic carbocycles. The van der Waals surface area contributed by atoms with Crippen LogP contribution in [0.2, 0.25) is 0 Å². The van der Waals surface area contributed by atoms with Gasteiger partial charge < -0.3 is 9.64 Å². The number of amides is 1. The fourth-order valence-corrected chi connectivity index (χ4v) is 3.84. The third kappa shape index (κ3) is 4.19. The SMILES string of the molecule is CCO[C@H]1CCCN(C(=O)c2cnc(Cc3ccc(F)cc3)s2)C1. The van der Waals surface area contributed by atoms with Crippen LogP contribution in [-0.4, -0.2) is 41.6 Å². The first-order valence-corrected chi connectivity index (χ1v) is 9.07. The average molecular weight is 348 g/mol. The molecule has 1 fully saturated rings. The van der Waals surface area contributed by atoms with Crippen molar-refractivity contribution >= 4 is 17.2 Å². The minimum absolute atomic E-state index is 0.0299. The largest absolute Gasteiger partial charge is 0.377 e. The van der Waals surface area contributed by atoms with Crippen LogP contribution in [-0.2, 0) is 11.2 Å². The molecule has 1 aliphatic heterocycles. The van der Waals surface area contributed by atoms with E-state index in [-0.39, 0.29) is 17.8 Å². The van der Waals surface area contributed by atoms with Gasteiger partial charge in [0.25, 0.3) is 5.91 Å². The Kier molecular flexibility index (Phi) is 5.58. The summed E-state index contributed by atoms with van der Waals surface area (Å²) in [5.74, 6) is -0.218. The minimum Gasteiger partial charge on any atom is -0.377 e. The average Bonchev–Trinajstić information content (AvgIpc) is 3.05. The number of piperidine rings is 1. The van der Waals surface area contributed by atoms with Gasteiger partial charge in [0, 0.05) is 26.1 Å². The lowest BCUT2D eigenvalue weighted by Gasteiger charge is -2.32. The molecule has 3 rings (SSSR count). The summed E-state index contributed by atoms with van der Waals surface area (Å²) in [4.78, 5) is 19.5. The van der Waals surface area contributed by atoms with Gasteiger partial charge in [-0.1, -0.05) is 12.1 Å². The number of ether oxygens (including phenoxy) is 1. The Hall–Kier alpha value is -1.79. The normalized spacial score (nSPS) is 17.9. The van der Waals surface area contributed by atoms with Crippen LogP contribution in [0.3, 0.4) is 0 Å². The molecule has 1 saturated heterocycles. The second-order valence-electron chi connectivity index (χ2n) is 5.89. The van der Waals surface area contributed by atoms with Crippen LogP contribution >= 0.6 is 11.3 Å². The van der Waals surface area contributed by atoms with Gasteiger partial charge in [-0.3, -0.25) is 4.79 Å². The maximum Gasteiger partial charge on any atom is 0.265 e. The van der Waals surface area contributed by atoms with Crippen molar-refractivity contribution in [1.29, 1.82) is 0 Å². The zero-order valence-electron chi connectivity index (χ0n) is 13.7. The monoisotopic (exact) mass is 348 g/mol. The predicted molar refractivity (Wildman–Crippen MR) is 91.9 cm³/mol. The highest BCUT2D eigenvalue weighted by Crippen LogP contribution is 2.21. The summed E-state index contributed by atoms with van der Waals surface area (Å²) < 4.78 is 18.6. The number of hydrogen-bond acceptors (Lipinski definition) is 4. The lowest BCUT2D eigenvalue weighted by atomic mass is 10.1. The lowest BCUT2D eigenvalue weighted by molar-refractivity contribution is 0.00741. The maximum atomic E-state index is 13.0. The van der Waals surface area contributed by atoms with Crippen molar-refractivity contribution in [2.24, 2.45) is 0 Å². The van der Waals surface area contributed by atoms with E-state index in [1.807, 2.05) is 11.8 Å². The molecular weight excluding hydrogens is 327 g/mol. The molecular formula is C18H21FN2O2S. The molecule has 0 spiro atoms. The standard InChI is InChI=1S/C18H21FN2O2S/c1-2-23-15-4-3-9-21(12-15)18(22)16-11-20-17(24-16)10-13-5-7-14(19)8-6-13/h5-8,11,15H,2-4,9-10,12H2,1H3/t15-/m0/s1. The predicted octanol–water partition coefficient (Wildman–Crippen LogP) is 3.51. The van der Waals surface area contributed by atoms with Gasteiger partial charge in [-0.25, -0.2) is 9.37 Å². The van der Waals surface area contributed by atoms with Crippen molar-refractivity contribution in [3.63, 3.8) is 0 Å². The smallest absolute Gasteiger partial charge is 0.265 e. The first kappa shape index (κ1) is 17.0. The summed E-state index contributed by atoms with van der Waals surface area (Å²) >= 11 is 1.41. The molecule has 0 N–H and O–H groups in total. The first-order valence-electron chi connectivity index (χ1n) is 8.25. The fraction of sp³-hybridized carbons (Fsp3) is 0.444. The van der Waals surface area contributed by atoms with Crippen LogP contribution in [0.25, 0.3) is 0 Å². The molecule has 1 atom stereocenters. The van der Waals surface area contributed by atoms with E-state index in [4.69, 9.17) is 4.74 Å². The van der Waals surface area contributed by atoms with E-state index in [1.165, 1.54) is 23.5 Å². The highest BCUT2D eigenvalue weighted by molar-refractivity contribution is 7.13. The number of halogens is 1. The Morgan fingerprint density at radius 2 is 2.21 bits per heavy atom. The molecule has 128 valence electrons. The molecule has 1 aromatic carbocycles. The van der Waals surface area contributed by atoms with Crippen LogP contribution in [0.4, 0.5) is 4.39 Å². The molecule has 2 heterocycles. The van der Waals surface area contributed by atoms with Gasteiger partial charge in [0.2, 0.25) is 0 Å². The van der Waals surface area contributed by atoms with Crippen molar-refractivity contribution in [3.8, 4) is 0 Å². The molecule has 1 amide bonds. The number of carbonyl (C=O) groups is 1. The Labute approximate surface area is 145 Å².